The van der Waals surface area contributed by atoms with Gasteiger partial charge in [-0.05, 0) is 41.3 Å². The minimum atomic E-state index is -0.465. The molecule has 0 aromatic heterocycles. The van der Waals surface area contributed by atoms with Crippen LogP contribution in [-0.4, -0.2) is 48.7 Å². The number of aliphatic hydroxyl groups is 2. The summed E-state index contributed by atoms with van der Waals surface area (Å²) in [7, 11) is 0. The summed E-state index contributed by atoms with van der Waals surface area (Å²) in [6, 6.07) is 14.0. The molecule has 2 aromatic rings. The Morgan fingerprint density at radius 1 is 1.10 bits per heavy atom. The van der Waals surface area contributed by atoms with Crippen LogP contribution in [-0.2, 0) is 11.2 Å². The second-order valence-electron chi connectivity index (χ2n) is 8.06. The van der Waals surface area contributed by atoms with E-state index in [1.165, 1.54) is 0 Å². The molecule has 0 saturated carbocycles. The van der Waals surface area contributed by atoms with Crippen molar-refractivity contribution < 1.29 is 19.7 Å². The zero-order valence-electron chi connectivity index (χ0n) is 16.4. The highest BCUT2D eigenvalue weighted by atomic mass is 35.5. The summed E-state index contributed by atoms with van der Waals surface area (Å²) in [6.45, 7) is 2.74. The molecule has 2 aliphatic heterocycles. The lowest BCUT2D eigenvalue weighted by atomic mass is 9.94. The summed E-state index contributed by atoms with van der Waals surface area (Å²) in [6.07, 6.45) is 0.681. The highest BCUT2D eigenvalue weighted by Crippen LogP contribution is 2.33. The lowest BCUT2D eigenvalue weighted by molar-refractivity contribution is -0.113. The molecule has 3 N–H and O–H groups in total. The van der Waals surface area contributed by atoms with Crippen molar-refractivity contribution in [1.82, 2.24) is 5.32 Å². The number of benzene rings is 2. The molecule has 3 atom stereocenters. The maximum atomic E-state index is 10.1. The van der Waals surface area contributed by atoms with Gasteiger partial charge in [0.05, 0.1) is 31.5 Å². The van der Waals surface area contributed by atoms with Crippen LogP contribution in [0.4, 0.5) is 0 Å². The third-order valence-corrected chi connectivity index (χ3v) is 6.06. The number of rotatable bonds is 7. The molecule has 2 saturated heterocycles. The molecule has 156 valence electrons. The van der Waals surface area contributed by atoms with Crippen LogP contribution in [0.3, 0.4) is 0 Å². The van der Waals surface area contributed by atoms with E-state index in [0.717, 1.165) is 42.1 Å². The Kier molecular flexibility index (Phi) is 6.73. The molecule has 6 heteroatoms. The van der Waals surface area contributed by atoms with Crippen molar-refractivity contribution in [2.24, 2.45) is 5.92 Å². The van der Waals surface area contributed by atoms with Gasteiger partial charge in [0.15, 0.2) is 0 Å². The maximum Gasteiger partial charge on any atom is 0.119 e. The highest BCUT2D eigenvalue weighted by Gasteiger charge is 2.29. The van der Waals surface area contributed by atoms with Crippen molar-refractivity contribution in [1.29, 1.82) is 0 Å². The largest absolute Gasteiger partial charge is 0.493 e. The van der Waals surface area contributed by atoms with Gasteiger partial charge < -0.3 is 25.0 Å². The first kappa shape index (κ1) is 20.6. The summed E-state index contributed by atoms with van der Waals surface area (Å²) >= 11 is 6.45. The zero-order chi connectivity index (χ0) is 20.2. The van der Waals surface area contributed by atoms with Crippen LogP contribution in [0.15, 0.2) is 42.5 Å². The molecule has 0 bridgehead atoms. The van der Waals surface area contributed by atoms with Gasteiger partial charge in [0.2, 0.25) is 0 Å². The van der Waals surface area contributed by atoms with E-state index >= 15 is 0 Å². The SMILES string of the molecule is OCC1CC(O)CC(c2ccc(Cl)c(Cc3ccc(OCC4CNC4)cc3)c2)O1. The molecule has 2 aliphatic rings. The van der Waals surface area contributed by atoms with Gasteiger partial charge in [-0.25, -0.2) is 0 Å². The van der Waals surface area contributed by atoms with Crippen LogP contribution in [0.1, 0.15) is 35.6 Å². The van der Waals surface area contributed by atoms with E-state index in [1.807, 2.05) is 30.3 Å². The number of halogens is 1. The molecule has 0 amide bonds. The van der Waals surface area contributed by atoms with E-state index in [9.17, 15) is 10.2 Å². The first-order chi connectivity index (χ1) is 14.1. The van der Waals surface area contributed by atoms with Gasteiger partial charge in [0.1, 0.15) is 5.75 Å². The first-order valence-corrected chi connectivity index (χ1v) is 10.6. The molecule has 2 heterocycles. The average molecular weight is 418 g/mol. The lowest BCUT2D eigenvalue weighted by Crippen LogP contribution is -2.45. The summed E-state index contributed by atoms with van der Waals surface area (Å²) in [5.41, 5.74) is 3.15. The smallest absolute Gasteiger partial charge is 0.119 e. The van der Waals surface area contributed by atoms with Gasteiger partial charge in [-0.2, -0.15) is 0 Å². The molecule has 0 spiro atoms. The molecule has 29 heavy (non-hydrogen) atoms. The Bertz CT molecular complexity index is 809. The Morgan fingerprint density at radius 2 is 1.90 bits per heavy atom. The Hall–Kier alpha value is -1.63. The fourth-order valence-corrected chi connectivity index (χ4v) is 4.04. The fourth-order valence-electron chi connectivity index (χ4n) is 3.86. The van der Waals surface area contributed by atoms with Gasteiger partial charge >= 0.3 is 0 Å². The maximum absolute atomic E-state index is 10.1. The van der Waals surface area contributed by atoms with Crippen LogP contribution >= 0.6 is 11.6 Å². The molecular weight excluding hydrogens is 390 g/mol. The summed E-state index contributed by atoms with van der Waals surface area (Å²) < 4.78 is 11.8. The minimum absolute atomic E-state index is 0.0836. The normalized spacial score (nSPS) is 24.9. The summed E-state index contributed by atoms with van der Waals surface area (Å²) in [4.78, 5) is 0. The summed E-state index contributed by atoms with van der Waals surface area (Å²) in [5, 5.41) is 23.5. The van der Waals surface area contributed by atoms with E-state index in [2.05, 4.69) is 17.4 Å². The van der Waals surface area contributed by atoms with Crippen molar-refractivity contribution >= 4 is 11.6 Å². The second-order valence-corrected chi connectivity index (χ2v) is 8.47. The van der Waals surface area contributed by atoms with Gasteiger partial charge in [-0.15, -0.1) is 0 Å². The third kappa shape index (κ3) is 5.30. The van der Waals surface area contributed by atoms with Crippen molar-refractivity contribution in [3.8, 4) is 5.75 Å². The van der Waals surface area contributed by atoms with Gasteiger partial charge in [0, 0.05) is 36.9 Å². The molecule has 2 fully saturated rings. The Morgan fingerprint density at radius 3 is 2.59 bits per heavy atom. The van der Waals surface area contributed by atoms with Crippen LogP contribution < -0.4 is 10.1 Å². The van der Waals surface area contributed by atoms with Crippen molar-refractivity contribution in [3.63, 3.8) is 0 Å². The molecular formula is C23H28ClNO4. The van der Waals surface area contributed by atoms with E-state index < -0.39 is 6.10 Å². The molecule has 0 radical (unpaired) electrons. The van der Waals surface area contributed by atoms with Gasteiger partial charge in [-0.1, -0.05) is 35.9 Å². The molecule has 0 aliphatic carbocycles. The molecule has 4 rings (SSSR count). The van der Waals surface area contributed by atoms with E-state index in [1.54, 1.807) is 0 Å². The van der Waals surface area contributed by atoms with Crippen molar-refractivity contribution in [3.05, 3.63) is 64.2 Å². The number of hydrogen-bond acceptors (Lipinski definition) is 5. The fraction of sp³-hybridized carbons (Fsp3) is 0.478. The first-order valence-electron chi connectivity index (χ1n) is 10.3. The van der Waals surface area contributed by atoms with E-state index in [-0.39, 0.29) is 18.8 Å². The lowest BCUT2D eigenvalue weighted by Gasteiger charge is -2.32. The van der Waals surface area contributed by atoms with Crippen LogP contribution in [0.25, 0.3) is 0 Å². The minimum Gasteiger partial charge on any atom is -0.493 e. The molecule has 3 unspecified atom stereocenters. The Labute approximate surface area is 176 Å². The average Bonchev–Trinajstić information content (AvgIpc) is 2.69. The second kappa shape index (κ2) is 9.45. The van der Waals surface area contributed by atoms with E-state index in [4.69, 9.17) is 21.1 Å². The standard InChI is InChI=1S/C23H28ClNO4/c24-22-6-3-17(23-10-19(27)9-21(13-26)29-23)8-18(22)7-15-1-4-20(5-2-15)28-14-16-11-25-12-16/h1-6,8,16,19,21,23,25-27H,7,9-14H2. The molecule has 5 nitrogen and oxygen atoms in total. The quantitative estimate of drug-likeness (QED) is 0.645. The zero-order valence-corrected chi connectivity index (χ0v) is 17.1. The van der Waals surface area contributed by atoms with Crippen molar-refractivity contribution in [2.75, 3.05) is 26.3 Å². The third-order valence-electron chi connectivity index (χ3n) is 5.69. The number of aliphatic hydroxyl groups excluding tert-OH is 2. The predicted molar refractivity (Wildman–Crippen MR) is 112 cm³/mol. The van der Waals surface area contributed by atoms with Crippen LogP contribution in [0, 0.1) is 5.92 Å². The molecule has 2 aromatic carbocycles. The van der Waals surface area contributed by atoms with Gasteiger partial charge in [0.25, 0.3) is 0 Å². The van der Waals surface area contributed by atoms with Crippen LogP contribution in [0.5, 0.6) is 5.75 Å². The Balaban J connectivity index is 1.42. The highest BCUT2D eigenvalue weighted by molar-refractivity contribution is 6.31. The summed E-state index contributed by atoms with van der Waals surface area (Å²) in [5.74, 6) is 1.50. The van der Waals surface area contributed by atoms with Crippen molar-refractivity contribution in [2.45, 2.75) is 37.6 Å². The number of ether oxygens (including phenoxy) is 2. The van der Waals surface area contributed by atoms with E-state index in [0.29, 0.717) is 30.2 Å². The topological polar surface area (TPSA) is 71.0 Å². The van der Waals surface area contributed by atoms with Crippen LogP contribution in [0.2, 0.25) is 5.02 Å². The number of hydrogen-bond donors (Lipinski definition) is 3. The monoisotopic (exact) mass is 417 g/mol. The van der Waals surface area contributed by atoms with Gasteiger partial charge in [-0.3, -0.25) is 0 Å². The number of nitrogens with one attached hydrogen (secondary N) is 1. The predicted octanol–water partition coefficient (Wildman–Crippen LogP) is 3.10.